The van der Waals surface area contributed by atoms with Crippen LogP contribution in [0.4, 0.5) is 4.39 Å². The van der Waals surface area contributed by atoms with E-state index in [0.29, 0.717) is 10.6 Å². The van der Waals surface area contributed by atoms with Crippen LogP contribution in [0.25, 0.3) is 0 Å². The molecule has 0 spiro atoms. The van der Waals surface area contributed by atoms with Crippen molar-refractivity contribution in [1.82, 2.24) is 0 Å². The molecule has 1 aliphatic rings. The number of hydrogen-bond acceptors (Lipinski definition) is 2. The third kappa shape index (κ3) is 1.76. The SMILES string of the molecule is N[C@@H]1CCSCc2c(Cl)ccc(F)c21. The van der Waals surface area contributed by atoms with Crippen LogP contribution >= 0.6 is 23.4 Å². The Balaban J connectivity index is 2.57. The Hall–Kier alpha value is -0.250. The molecule has 1 heterocycles. The van der Waals surface area contributed by atoms with Crippen LogP contribution in [0.1, 0.15) is 23.6 Å². The number of fused-ring (bicyclic) bond motifs is 1. The van der Waals surface area contributed by atoms with Gasteiger partial charge in [-0.05, 0) is 29.9 Å². The molecule has 1 nitrogen and oxygen atoms in total. The quantitative estimate of drug-likeness (QED) is 0.743. The van der Waals surface area contributed by atoms with E-state index in [-0.39, 0.29) is 11.9 Å². The highest BCUT2D eigenvalue weighted by molar-refractivity contribution is 7.98. The maximum absolute atomic E-state index is 13.5. The van der Waals surface area contributed by atoms with Crippen LogP contribution in [0.15, 0.2) is 12.1 Å². The van der Waals surface area contributed by atoms with E-state index in [2.05, 4.69) is 0 Å². The van der Waals surface area contributed by atoms with Gasteiger partial charge in [0.1, 0.15) is 5.82 Å². The van der Waals surface area contributed by atoms with Gasteiger partial charge in [0.05, 0.1) is 0 Å². The van der Waals surface area contributed by atoms with E-state index in [1.165, 1.54) is 6.07 Å². The third-order valence-electron chi connectivity index (χ3n) is 2.44. The molecule has 0 radical (unpaired) electrons. The van der Waals surface area contributed by atoms with E-state index in [0.717, 1.165) is 23.5 Å². The molecule has 1 aliphatic heterocycles. The van der Waals surface area contributed by atoms with Gasteiger partial charge < -0.3 is 5.73 Å². The molecule has 1 aromatic rings. The summed E-state index contributed by atoms with van der Waals surface area (Å²) >= 11 is 7.77. The summed E-state index contributed by atoms with van der Waals surface area (Å²) < 4.78 is 13.5. The highest BCUT2D eigenvalue weighted by atomic mass is 35.5. The lowest BCUT2D eigenvalue weighted by molar-refractivity contribution is 0.575. The summed E-state index contributed by atoms with van der Waals surface area (Å²) in [4.78, 5) is 0. The molecule has 0 bridgehead atoms. The van der Waals surface area contributed by atoms with Gasteiger partial charge >= 0.3 is 0 Å². The molecule has 0 aliphatic carbocycles. The van der Waals surface area contributed by atoms with E-state index < -0.39 is 0 Å². The van der Waals surface area contributed by atoms with Crippen LogP contribution in [0, 0.1) is 5.82 Å². The molecule has 0 amide bonds. The smallest absolute Gasteiger partial charge is 0.128 e. The lowest BCUT2D eigenvalue weighted by Gasteiger charge is -2.14. The van der Waals surface area contributed by atoms with E-state index >= 15 is 0 Å². The minimum atomic E-state index is -0.223. The average molecular weight is 232 g/mol. The number of halogens is 2. The minimum absolute atomic E-state index is 0.210. The zero-order chi connectivity index (χ0) is 10.1. The Morgan fingerprint density at radius 1 is 1.50 bits per heavy atom. The van der Waals surface area contributed by atoms with Crippen LogP contribution in [0.2, 0.25) is 5.02 Å². The van der Waals surface area contributed by atoms with E-state index in [4.69, 9.17) is 17.3 Å². The average Bonchev–Trinajstić information content (AvgIpc) is 2.35. The maximum Gasteiger partial charge on any atom is 0.128 e. The summed E-state index contributed by atoms with van der Waals surface area (Å²) in [6, 6.07) is 2.80. The molecule has 2 N–H and O–H groups in total. The van der Waals surface area contributed by atoms with Crippen molar-refractivity contribution in [3.05, 3.63) is 34.1 Å². The highest BCUT2D eigenvalue weighted by Gasteiger charge is 2.21. The Bertz CT molecular complexity index is 356. The van der Waals surface area contributed by atoms with Crippen LogP contribution < -0.4 is 5.73 Å². The molecule has 0 saturated heterocycles. The summed E-state index contributed by atoms with van der Waals surface area (Å²) in [5.74, 6) is 1.50. The Kier molecular flexibility index (Phi) is 3.00. The topological polar surface area (TPSA) is 26.0 Å². The molecule has 1 aromatic carbocycles. The molecule has 2 rings (SSSR count). The van der Waals surface area contributed by atoms with Crippen molar-refractivity contribution in [2.24, 2.45) is 5.73 Å². The standard InChI is InChI=1S/C10H11ClFNS/c11-7-1-2-8(12)10-6(7)5-14-4-3-9(10)13/h1-2,9H,3-5,13H2/t9-/m1/s1. The second-order valence-electron chi connectivity index (χ2n) is 3.37. The first kappa shape index (κ1) is 10.3. The predicted octanol–water partition coefficient (Wildman–Crippen LogP) is 3.12. The first-order chi connectivity index (χ1) is 6.70. The second kappa shape index (κ2) is 4.09. The summed E-state index contributed by atoms with van der Waals surface area (Å²) in [5.41, 5.74) is 7.39. The van der Waals surface area contributed by atoms with Crippen molar-refractivity contribution in [1.29, 1.82) is 0 Å². The summed E-state index contributed by atoms with van der Waals surface area (Å²) in [7, 11) is 0. The van der Waals surface area contributed by atoms with Crippen molar-refractivity contribution in [3.63, 3.8) is 0 Å². The first-order valence-electron chi connectivity index (χ1n) is 4.50. The Labute approximate surface area is 91.8 Å². The maximum atomic E-state index is 13.5. The normalized spacial score (nSPS) is 21.5. The van der Waals surface area contributed by atoms with Crippen molar-refractivity contribution in [2.75, 3.05) is 5.75 Å². The monoisotopic (exact) mass is 231 g/mol. The lowest BCUT2D eigenvalue weighted by atomic mass is 9.99. The molecule has 0 aromatic heterocycles. The van der Waals surface area contributed by atoms with Gasteiger partial charge in [-0.3, -0.25) is 0 Å². The number of hydrogen-bond donors (Lipinski definition) is 1. The molecule has 0 saturated carbocycles. The van der Waals surface area contributed by atoms with Gasteiger partial charge in [0.15, 0.2) is 0 Å². The third-order valence-corrected chi connectivity index (χ3v) is 3.81. The highest BCUT2D eigenvalue weighted by Crippen LogP contribution is 2.35. The van der Waals surface area contributed by atoms with Crippen molar-refractivity contribution in [2.45, 2.75) is 18.2 Å². The van der Waals surface area contributed by atoms with Crippen LogP contribution in [-0.2, 0) is 5.75 Å². The van der Waals surface area contributed by atoms with Gasteiger partial charge in [0.2, 0.25) is 0 Å². The lowest BCUT2D eigenvalue weighted by Crippen LogP contribution is -2.13. The number of benzene rings is 1. The van der Waals surface area contributed by atoms with Crippen LogP contribution in [0.5, 0.6) is 0 Å². The molecule has 76 valence electrons. The van der Waals surface area contributed by atoms with Gasteiger partial charge in [-0.1, -0.05) is 11.6 Å². The zero-order valence-electron chi connectivity index (χ0n) is 7.59. The van der Waals surface area contributed by atoms with E-state index in [1.807, 2.05) is 0 Å². The second-order valence-corrected chi connectivity index (χ2v) is 4.88. The fourth-order valence-corrected chi connectivity index (χ4v) is 3.08. The molecule has 1 atom stereocenters. The summed E-state index contributed by atoms with van der Waals surface area (Å²) in [6.45, 7) is 0. The van der Waals surface area contributed by atoms with Gasteiger partial charge in [-0.25, -0.2) is 4.39 Å². The van der Waals surface area contributed by atoms with Crippen molar-refractivity contribution in [3.8, 4) is 0 Å². The fraction of sp³-hybridized carbons (Fsp3) is 0.400. The van der Waals surface area contributed by atoms with Crippen LogP contribution in [-0.4, -0.2) is 5.75 Å². The molecule has 4 heteroatoms. The van der Waals surface area contributed by atoms with Gasteiger partial charge in [-0.15, -0.1) is 0 Å². The van der Waals surface area contributed by atoms with Crippen LogP contribution in [0.3, 0.4) is 0 Å². The summed E-state index contributed by atoms with van der Waals surface area (Å²) in [5, 5.41) is 0.631. The van der Waals surface area contributed by atoms with E-state index in [1.54, 1.807) is 17.8 Å². The number of nitrogens with two attached hydrogens (primary N) is 1. The van der Waals surface area contributed by atoms with Crippen molar-refractivity contribution < 1.29 is 4.39 Å². The molecule has 0 unspecified atom stereocenters. The summed E-state index contributed by atoms with van der Waals surface area (Å²) in [6.07, 6.45) is 0.814. The Morgan fingerprint density at radius 3 is 3.07 bits per heavy atom. The predicted molar refractivity (Wildman–Crippen MR) is 59.1 cm³/mol. The zero-order valence-corrected chi connectivity index (χ0v) is 9.17. The molecular weight excluding hydrogens is 221 g/mol. The fourth-order valence-electron chi connectivity index (χ4n) is 1.69. The van der Waals surface area contributed by atoms with Gasteiger partial charge in [0.25, 0.3) is 0 Å². The van der Waals surface area contributed by atoms with Gasteiger partial charge in [0, 0.05) is 22.4 Å². The van der Waals surface area contributed by atoms with Gasteiger partial charge in [-0.2, -0.15) is 11.8 Å². The molecule has 0 fully saturated rings. The molecule has 14 heavy (non-hydrogen) atoms. The number of thioether (sulfide) groups is 1. The molecular formula is C10H11ClFNS. The Morgan fingerprint density at radius 2 is 2.29 bits per heavy atom. The largest absolute Gasteiger partial charge is 0.324 e. The van der Waals surface area contributed by atoms with Crippen molar-refractivity contribution >= 4 is 23.4 Å². The minimum Gasteiger partial charge on any atom is -0.324 e. The number of rotatable bonds is 0. The van der Waals surface area contributed by atoms with E-state index in [9.17, 15) is 4.39 Å². The first-order valence-corrected chi connectivity index (χ1v) is 6.03.